The van der Waals surface area contributed by atoms with E-state index in [2.05, 4.69) is 41.2 Å². The Morgan fingerprint density at radius 1 is 1.08 bits per heavy atom. The highest BCUT2D eigenvalue weighted by atomic mass is 79.9. The van der Waals surface area contributed by atoms with Crippen molar-refractivity contribution in [3.05, 3.63) is 105 Å². The first-order chi connectivity index (χ1) is 17.3. The van der Waals surface area contributed by atoms with Crippen molar-refractivity contribution >= 4 is 50.9 Å². The molecule has 182 valence electrons. The minimum Gasteiger partial charge on any atom is -0.321 e. The molecule has 5 nitrogen and oxygen atoms in total. The van der Waals surface area contributed by atoms with Gasteiger partial charge in [-0.25, -0.2) is 0 Å². The SMILES string of the molecule is Cc1ccccc1NC(=O)/C(C#N)=C1\SC(Cc2ccc(Br)cc2)C(=O)N1c1ccc(C(C)C)cc1. The number of nitrogens with zero attached hydrogens (tertiary/aromatic N) is 2. The number of para-hydroxylation sites is 1. The Labute approximate surface area is 224 Å². The maximum atomic E-state index is 13.7. The molecule has 0 radical (unpaired) electrons. The van der Waals surface area contributed by atoms with Crippen LogP contribution in [0.4, 0.5) is 11.4 Å². The van der Waals surface area contributed by atoms with Crippen LogP contribution in [-0.2, 0) is 16.0 Å². The predicted octanol–water partition coefficient (Wildman–Crippen LogP) is 6.95. The van der Waals surface area contributed by atoms with Gasteiger partial charge in [0.25, 0.3) is 5.91 Å². The zero-order valence-corrected chi connectivity index (χ0v) is 22.7. The first-order valence-electron chi connectivity index (χ1n) is 11.6. The van der Waals surface area contributed by atoms with Crippen LogP contribution >= 0.6 is 27.7 Å². The van der Waals surface area contributed by atoms with Gasteiger partial charge < -0.3 is 5.32 Å². The molecule has 1 atom stereocenters. The van der Waals surface area contributed by atoms with E-state index in [1.165, 1.54) is 16.7 Å². The normalized spacial score (nSPS) is 16.7. The highest BCUT2D eigenvalue weighted by Gasteiger charge is 2.40. The van der Waals surface area contributed by atoms with E-state index in [1.807, 2.05) is 73.7 Å². The van der Waals surface area contributed by atoms with E-state index in [4.69, 9.17) is 0 Å². The fraction of sp³-hybridized carbons (Fsp3) is 0.207. The summed E-state index contributed by atoms with van der Waals surface area (Å²) in [6, 6.07) is 25.0. The monoisotopic (exact) mass is 559 g/mol. The molecule has 1 fully saturated rings. The van der Waals surface area contributed by atoms with E-state index in [9.17, 15) is 14.9 Å². The average molecular weight is 561 g/mol. The number of thioether (sulfide) groups is 1. The number of anilines is 2. The third kappa shape index (κ3) is 5.56. The summed E-state index contributed by atoms with van der Waals surface area (Å²) in [7, 11) is 0. The summed E-state index contributed by atoms with van der Waals surface area (Å²) in [6.45, 7) is 6.10. The van der Waals surface area contributed by atoms with Crippen molar-refractivity contribution in [3.8, 4) is 6.07 Å². The van der Waals surface area contributed by atoms with Gasteiger partial charge in [-0.15, -0.1) is 0 Å². The van der Waals surface area contributed by atoms with Crippen LogP contribution in [0, 0.1) is 18.3 Å². The van der Waals surface area contributed by atoms with Gasteiger partial charge in [0.1, 0.15) is 16.7 Å². The lowest BCUT2D eigenvalue weighted by Gasteiger charge is -2.19. The fourth-order valence-corrected chi connectivity index (χ4v) is 5.54. The van der Waals surface area contributed by atoms with Crippen LogP contribution in [0.1, 0.15) is 36.5 Å². The summed E-state index contributed by atoms with van der Waals surface area (Å²) in [4.78, 5) is 28.5. The van der Waals surface area contributed by atoms with Crippen LogP contribution in [-0.4, -0.2) is 17.1 Å². The molecule has 0 aliphatic carbocycles. The number of hydrogen-bond donors (Lipinski definition) is 1. The number of rotatable bonds is 6. The molecular weight excluding hydrogens is 534 g/mol. The van der Waals surface area contributed by atoms with Gasteiger partial charge in [-0.3, -0.25) is 14.5 Å². The van der Waals surface area contributed by atoms with E-state index in [1.54, 1.807) is 6.07 Å². The lowest BCUT2D eigenvalue weighted by Crippen LogP contribution is -2.31. The Balaban J connectivity index is 1.73. The van der Waals surface area contributed by atoms with Gasteiger partial charge in [0.05, 0.1) is 5.25 Å². The van der Waals surface area contributed by atoms with Crippen LogP contribution in [0.2, 0.25) is 0 Å². The van der Waals surface area contributed by atoms with Crippen molar-refractivity contribution in [2.75, 3.05) is 10.2 Å². The maximum absolute atomic E-state index is 13.7. The molecule has 2 amide bonds. The molecule has 1 saturated heterocycles. The van der Waals surface area contributed by atoms with Gasteiger partial charge in [-0.1, -0.05) is 84.0 Å². The van der Waals surface area contributed by atoms with E-state index < -0.39 is 11.2 Å². The molecule has 0 bridgehead atoms. The van der Waals surface area contributed by atoms with E-state index in [0.717, 1.165) is 21.2 Å². The molecule has 3 aromatic rings. The number of carbonyl (C=O) groups excluding carboxylic acids is 2. The molecule has 1 unspecified atom stereocenters. The lowest BCUT2D eigenvalue weighted by molar-refractivity contribution is -0.117. The van der Waals surface area contributed by atoms with Crippen molar-refractivity contribution < 1.29 is 9.59 Å². The second-order valence-electron chi connectivity index (χ2n) is 8.92. The Morgan fingerprint density at radius 3 is 2.36 bits per heavy atom. The van der Waals surface area contributed by atoms with Gasteiger partial charge in [0.2, 0.25) is 5.91 Å². The molecule has 0 saturated carbocycles. The number of halogens is 1. The molecule has 0 spiro atoms. The first kappa shape index (κ1) is 25.7. The number of benzene rings is 3. The van der Waals surface area contributed by atoms with Crippen LogP contribution in [0.15, 0.2) is 87.9 Å². The van der Waals surface area contributed by atoms with Gasteiger partial charge >= 0.3 is 0 Å². The number of carbonyl (C=O) groups is 2. The Hall–Kier alpha value is -3.34. The predicted molar refractivity (Wildman–Crippen MR) is 150 cm³/mol. The molecular formula is C29H26BrN3O2S. The summed E-state index contributed by atoms with van der Waals surface area (Å²) in [5.74, 6) is -0.334. The number of nitriles is 1. The number of aryl methyl sites for hydroxylation is 1. The molecule has 7 heteroatoms. The molecule has 4 rings (SSSR count). The minimum absolute atomic E-state index is 0.0807. The van der Waals surface area contributed by atoms with Crippen molar-refractivity contribution in [2.24, 2.45) is 0 Å². The van der Waals surface area contributed by atoms with Gasteiger partial charge in [-0.05, 0) is 66.3 Å². The summed E-state index contributed by atoms with van der Waals surface area (Å²) in [5, 5.41) is 12.8. The summed E-state index contributed by atoms with van der Waals surface area (Å²) in [5.41, 5.74) is 4.22. The Kier molecular flexibility index (Phi) is 7.97. The highest BCUT2D eigenvalue weighted by molar-refractivity contribution is 9.10. The van der Waals surface area contributed by atoms with Gasteiger partial charge in [0, 0.05) is 15.8 Å². The molecule has 0 aromatic heterocycles. The molecule has 36 heavy (non-hydrogen) atoms. The van der Waals surface area contributed by atoms with Gasteiger partial charge in [-0.2, -0.15) is 5.26 Å². The van der Waals surface area contributed by atoms with Crippen molar-refractivity contribution in [2.45, 2.75) is 38.4 Å². The highest BCUT2D eigenvalue weighted by Crippen LogP contribution is 2.42. The van der Waals surface area contributed by atoms with E-state index in [0.29, 0.717) is 28.7 Å². The summed E-state index contributed by atoms with van der Waals surface area (Å²) < 4.78 is 0.962. The first-order valence-corrected chi connectivity index (χ1v) is 13.3. The number of nitrogens with one attached hydrogen (secondary N) is 1. The smallest absolute Gasteiger partial charge is 0.269 e. The van der Waals surface area contributed by atoms with Crippen LogP contribution in [0.25, 0.3) is 0 Å². The summed E-state index contributed by atoms with van der Waals surface area (Å²) in [6.07, 6.45) is 0.485. The Bertz CT molecular complexity index is 1360. The largest absolute Gasteiger partial charge is 0.321 e. The third-order valence-electron chi connectivity index (χ3n) is 6.05. The average Bonchev–Trinajstić information content (AvgIpc) is 3.17. The van der Waals surface area contributed by atoms with Crippen LogP contribution in [0.5, 0.6) is 0 Å². The minimum atomic E-state index is -0.532. The maximum Gasteiger partial charge on any atom is 0.269 e. The standard InChI is InChI=1S/C29H26BrN3O2S/c1-18(2)21-10-14-23(15-11-21)33-28(35)26(16-20-8-12-22(30)13-9-20)36-29(33)24(17-31)27(34)32-25-7-5-4-6-19(25)3/h4-15,18,26H,16H2,1-3H3,(H,32,34)/b29-24-. The lowest BCUT2D eigenvalue weighted by atomic mass is 10.0. The Morgan fingerprint density at radius 2 is 1.75 bits per heavy atom. The van der Waals surface area contributed by atoms with Crippen molar-refractivity contribution in [3.63, 3.8) is 0 Å². The van der Waals surface area contributed by atoms with Crippen LogP contribution < -0.4 is 10.2 Å². The molecule has 1 N–H and O–H groups in total. The van der Waals surface area contributed by atoms with Crippen LogP contribution in [0.3, 0.4) is 0 Å². The zero-order chi connectivity index (χ0) is 25.8. The van der Waals surface area contributed by atoms with Crippen molar-refractivity contribution in [1.29, 1.82) is 5.26 Å². The van der Waals surface area contributed by atoms with E-state index in [-0.39, 0.29) is 11.5 Å². The van der Waals surface area contributed by atoms with Gasteiger partial charge in [0.15, 0.2) is 0 Å². The summed E-state index contributed by atoms with van der Waals surface area (Å²) >= 11 is 4.71. The molecule has 1 aliphatic heterocycles. The van der Waals surface area contributed by atoms with Crippen molar-refractivity contribution in [1.82, 2.24) is 0 Å². The molecule has 3 aromatic carbocycles. The topological polar surface area (TPSA) is 73.2 Å². The zero-order valence-electron chi connectivity index (χ0n) is 20.3. The second kappa shape index (κ2) is 11.2. The molecule has 1 heterocycles. The molecule has 1 aliphatic rings. The number of amides is 2. The third-order valence-corrected chi connectivity index (χ3v) is 7.84. The van der Waals surface area contributed by atoms with E-state index >= 15 is 0 Å². The number of hydrogen-bond acceptors (Lipinski definition) is 4. The quantitative estimate of drug-likeness (QED) is 0.262. The fourth-order valence-electron chi connectivity index (χ4n) is 3.96. The second-order valence-corrected chi connectivity index (χ2v) is 11.0.